The van der Waals surface area contributed by atoms with Gasteiger partial charge in [-0.2, -0.15) is 0 Å². The molecule has 1 unspecified atom stereocenters. The van der Waals surface area contributed by atoms with Gasteiger partial charge in [-0.25, -0.2) is 4.37 Å². The molecule has 3 nitrogen and oxygen atoms in total. The van der Waals surface area contributed by atoms with Gasteiger partial charge in [0.2, 0.25) is 0 Å². The molecule has 1 aliphatic rings. The van der Waals surface area contributed by atoms with Crippen LogP contribution < -0.4 is 5.32 Å². The molecule has 0 bridgehead atoms. The second-order valence-corrected chi connectivity index (χ2v) is 3.76. The van der Waals surface area contributed by atoms with Gasteiger partial charge in [0, 0.05) is 23.2 Å². The summed E-state index contributed by atoms with van der Waals surface area (Å²) < 4.78 is 3.97. The van der Waals surface area contributed by atoms with Crippen LogP contribution in [0.25, 0.3) is 0 Å². The third kappa shape index (κ3) is 1.50. The normalized spacial score (nSPS) is 25.9. The molecule has 1 aromatic heterocycles. The molecule has 1 aliphatic heterocycles. The van der Waals surface area contributed by atoms with E-state index in [4.69, 9.17) is 0 Å². The fourth-order valence-electron chi connectivity index (χ4n) is 1.57. The Hall–Kier alpha value is -0.450. The highest BCUT2D eigenvalue weighted by atomic mass is 32.1. The third-order valence-corrected chi connectivity index (χ3v) is 2.88. The number of rotatable bonds is 2. The van der Waals surface area contributed by atoms with Gasteiger partial charge >= 0.3 is 0 Å². The summed E-state index contributed by atoms with van der Waals surface area (Å²) in [5.41, 5.74) is 0.944. The van der Waals surface area contributed by atoms with E-state index in [9.17, 15) is 5.11 Å². The first-order valence-corrected chi connectivity index (χ1v) is 5.02. The Bertz CT molecular complexity index is 231. The summed E-state index contributed by atoms with van der Waals surface area (Å²) in [6, 6.07) is 0.237. The van der Waals surface area contributed by atoms with Crippen molar-refractivity contribution in [2.45, 2.75) is 25.0 Å². The zero-order chi connectivity index (χ0) is 8.39. The molecule has 2 heterocycles. The van der Waals surface area contributed by atoms with Gasteiger partial charge in [0.1, 0.15) is 0 Å². The molecule has 1 aromatic rings. The van der Waals surface area contributed by atoms with Crippen LogP contribution in [0.5, 0.6) is 0 Å². The molecule has 2 atom stereocenters. The number of aliphatic hydroxyl groups excluding tert-OH is 1. The molecule has 0 saturated carbocycles. The van der Waals surface area contributed by atoms with Crippen LogP contribution in [0.3, 0.4) is 0 Å². The number of hydrogen-bond donors (Lipinski definition) is 2. The van der Waals surface area contributed by atoms with Crippen molar-refractivity contribution >= 4 is 11.5 Å². The molecule has 0 spiro atoms. The quantitative estimate of drug-likeness (QED) is 0.718. The van der Waals surface area contributed by atoms with Crippen LogP contribution in [0, 0.1) is 0 Å². The minimum absolute atomic E-state index is 0.237. The van der Waals surface area contributed by atoms with Crippen LogP contribution in [0.4, 0.5) is 0 Å². The number of aromatic nitrogens is 1. The number of hydrogen-bond acceptors (Lipinski definition) is 4. The zero-order valence-corrected chi connectivity index (χ0v) is 7.55. The predicted octanol–water partition coefficient (Wildman–Crippen LogP) is 0.929. The number of nitrogens with zero attached hydrogens (tertiary/aromatic N) is 1. The molecule has 2 N–H and O–H groups in total. The van der Waals surface area contributed by atoms with Gasteiger partial charge in [0.15, 0.2) is 0 Å². The van der Waals surface area contributed by atoms with Gasteiger partial charge in [0.25, 0.3) is 0 Å². The Morgan fingerprint density at radius 2 is 2.67 bits per heavy atom. The van der Waals surface area contributed by atoms with Gasteiger partial charge in [-0.1, -0.05) is 0 Å². The van der Waals surface area contributed by atoms with Crippen LogP contribution in [-0.2, 0) is 0 Å². The van der Waals surface area contributed by atoms with E-state index in [2.05, 4.69) is 9.69 Å². The first-order valence-electron chi connectivity index (χ1n) is 4.18. The van der Waals surface area contributed by atoms with Gasteiger partial charge in [0.05, 0.1) is 6.10 Å². The minimum Gasteiger partial charge on any atom is -0.387 e. The molecule has 4 heteroatoms. The second kappa shape index (κ2) is 3.51. The summed E-state index contributed by atoms with van der Waals surface area (Å²) in [6.07, 6.45) is 3.61. The van der Waals surface area contributed by atoms with Crippen molar-refractivity contribution in [3.8, 4) is 0 Å². The van der Waals surface area contributed by atoms with Crippen LogP contribution in [0.1, 0.15) is 24.5 Å². The average Bonchev–Trinajstić information content (AvgIpc) is 2.77. The van der Waals surface area contributed by atoms with E-state index in [0.29, 0.717) is 0 Å². The minimum atomic E-state index is -0.369. The predicted molar refractivity (Wildman–Crippen MR) is 48.1 cm³/mol. The summed E-state index contributed by atoms with van der Waals surface area (Å²) in [5.74, 6) is 0. The molecule has 1 fully saturated rings. The topological polar surface area (TPSA) is 45.2 Å². The van der Waals surface area contributed by atoms with Crippen molar-refractivity contribution in [2.75, 3.05) is 6.54 Å². The standard InChI is InChI=1S/C8H12N2OS/c11-8(6-4-10-12-5-6)7-2-1-3-9-7/h4-5,7-9,11H,1-3H2/t7-,8?/m1/s1. The summed E-state index contributed by atoms with van der Waals surface area (Å²) in [5, 5.41) is 15.0. The van der Waals surface area contributed by atoms with E-state index in [1.807, 2.05) is 5.38 Å². The maximum atomic E-state index is 9.81. The monoisotopic (exact) mass is 184 g/mol. The van der Waals surface area contributed by atoms with Crippen molar-refractivity contribution in [3.63, 3.8) is 0 Å². The molecular weight excluding hydrogens is 172 g/mol. The number of nitrogens with one attached hydrogen (secondary N) is 1. The highest BCUT2D eigenvalue weighted by Crippen LogP contribution is 2.23. The smallest absolute Gasteiger partial charge is 0.0966 e. The van der Waals surface area contributed by atoms with E-state index in [0.717, 1.165) is 18.5 Å². The lowest BCUT2D eigenvalue weighted by atomic mass is 10.1. The highest BCUT2D eigenvalue weighted by Gasteiger charge is 2.24. The first-order chi connectivity index (χ1) is 5.88. The van der Waals surface area contributed by atoms with Gasteiger partial charge in [-0.05, 0) is 30.9 Å². The van der Waals surface area contributed by atoms with Crippen molar-refractivity contribution in [1.29, 1.82) is 0 Å². The van der Waals surface area contributed by atoms with Crippen LogP contribution in [0.2, 0.25) is 0 Å². The molecule has 12 heavy (non-hydrogen) atoms. The van der Waals surface area contributed by atoms with E-state index < -0.39 is 0 Å². The fourth-order valence-corrected chi connectivity index (χ4v) is 2.14. The average molecular weight is 184 g/mol. The summed E-state index contributed by atoms with van der Waals surface area (Å²) in [7, 11) is 0. The molecule has 2 rings (SSSR count). The van der Waals surface area contributed by atoms with Crippen LogP contribution >= 0.6 is 11.5 Å². The van der Waals surface area contributed by atoms with Crippen molar-refractivity contribution < 1.29 is 5.11 Å². The zero-order valence-electron chi connectivity index (χ0n) is 6.73. The lowest BCUT2D eigenvalue weighted by Crippen LogP contribution is -2.28. The van der Waals surface area contributed by atoms with E-state index in [-0.39, 0.29) is 12.1 Å². The van der Waals surface area contributed by atoms with Crippen LogP contribution in [0.15, 0.2) is 11.6 Å². The second-order valence-electron chi connectivity index (χ2n) is 3.11. The Balaban J connectivity index is 2.04. The first kappa shape index (κ1) is 8.16. The third-order valence-electron chi connectivity index (χ3n) is 2.27. The molecule has 0 amide bonds. The van der Waals surface area contributed by atoms with Crippen LogP contribution in [-0.4, -0.2) is 22.1 Å². The van der Waals surface area contributed by atoms with E-state index in [1.54, 1.807) is 6.20 Å². The fraction of sp³-hybridized carbons (Fsp3) is 0.625. The summed E-state index contributed by atoms with van der Waals surface area (Å²) >= 11 is 1.39. The lowest BCUT2D eigenvalue weighted by molar-refractivity contribution is 0.138. The Kier molecular flexibility index (Phi) is 2.39. The maximum absolute atomic E-state index is 9.81. The van der Waals surface area contributed by atoms with E-state index in [1.165, 1.54) is 18.0 Å². The maximum Gasteiger partial charge on any atom is 0.0966 e. The van der Waals surface area contributed by atoms with Crippen molar-refractivity contribution in [3.05, 3.63) is 17.1 Å². The van der Waals surface area contributed by atoms with Gasteiger partial charge in [-0.15, -0.1) is 0 Å². The highest BCUT2D eigenvalue weighted by molar-refractivity contribution is 7.03. The summed E-state index contributed by atoms with van der Waals surface area (Å²) in [6.45, 7) is 1.03. The molecule has 1 saturated heterocycles. The Labute approximate surface area is 75.6 Å². The molecule has 0 radical (unpaired) electrons. The number of aliphatic hydroxyl groups is 1. The van der Waals surface area contributed by atoms with Gasteiger partial charge < -0.3 is 10.4 Å². The molecular formula is C8H12N2OS. The largest absolute Gasteiger partial charge is 0.387 e. The lowest BCUT2D eigenvalue weighted by Gasteiger charge is -2.16. The summed E-state index contributed by atoms with van der Waals surface area (Å²) in [4.78, 5) is 0. The van der Waals surface area contributed by atoms with Gasteiger partial charge in [-0.3, -0.25) is 0 Å². The van der Waals surface area contributed by atoms with E-state index >= 15 is 0 Å². The molecule has 0 aromatic carbocycles. The Morgan fingerprint density at radius 1 is 1.75 bits per heavy atom. The Morgan fingerprint density at radius 3 is 3.25 bits per heavy atom. The van der Waals surface area contributed by atoms with Crippen molar-refractivity contribution in [1.82, 2.24) is 9.69 Å². The SMILES string of the molecule is OC(c1cnsc1)[C@H]1CCCN1. The van der Waals surface area contributed by atoms with Crippen molar-refractivity contribution in [2.24, 2.45) is 0 Å². The molecule has 0 aliphatic carbocycles. The molecule has 66 valence electrons.